The molecule has 8 nitrogen and oxygen atoms in total. The van der Waals surface area contributed by atoms with E-state index < -0.39 is 45.7 Å². The highest BCUT2D eigenvalue weighted by Crippen LogP contribution is 2.60. The second-order valence-corrected chi connectivity index (χ2v) is 8.63. The molecule has 0 aromatic rings. The third-order valence-electron chi connectivity index (χ3n) is 5.32. The van der Waals surface area contributed by atoms with Crippen molar-refractivity contribution < 1.29 is 31.5 Å². The smallest absolute Gasteiger partial charge is 0.272 e. The molecule has 22 heavy (non-hydrogen) atoms. The van der Waals surface area contributed by atoms with E-state index in [4.69, 9.17) is 23.1 Å². The van der Waals surface area contributed by atoms with Crippen LogP contribution in [0, 0.1) is 0 Å². The van der Waals surface area contributed by atoms with Crippen molar-refractivity contribution in [3.63, 3.8) is 0 Å². The van der Waals surface area contributed by atoms with Crippen LogP contribution in [0.5, 0.6) is 0 Å². The van der Waals surface area contributed by atoms with Crippen LogP contribution in [-0.4, -0.2) is 74.4 Å². The normalized spacial score (nSPS) is 54.7. The maximum Gasteiger partial charge on any atom is 0.272 e. The fourth-order valence-corrected chi connectivity index (χ4v) is 6.46. The first-order valence-corrected chi connectivity index (χ1v) is 9.19. The molecule has 5 saturated heterocycles. The van der Waals surface area contributed by atoms with Crippen molar-refractivity contribution in [2.24, 2.45) is 0 Å². The molecule has 0 saturated carbocycles. The Bertz CT molecular complexity index is 636. The zero-order chi connectivity index (χ0) is 15.4. The first-order chi connectivity index (χ1) is 10.3. The molecule has 0 aromatic heterocycles. The number of ether oxygens (including phenoxy) is 4. The summed E-state index contributed by atoms with van der Waals surface area (Å²) < 4.78 is 54.0. The zero-order valence-electron chi connectivity index (χ0n) is 12.5. The molecule has 0 unspecified atom stereocenters. The molecule has 0 aromatic carbocycles. The van der Waals surface area contributed by atoms with Crippen molar-refractivity contribution in [1.29, 1.82) is 0 Å². The van der Waals surface area contributed by atoms with E-state index in [-0.39, 0.29) is 5.75 Å². The fraction of sp³-hybridized carbons (Fsp3) is 1.00. The summed E-state index contributed by atoms with van der Waals surface area (Å²) in [4.78, 5) is 2.04. The number of fused-ring (bicyclic) bond motifs is 1. The van der Waals surface area contributed by atoms with Gasteiger partial charge >= 0.3 is 0 Å². The highest BCUT2D eigenvalue weighted by molar-refractivity contribution is 7.87. The topological polar surface area (TPSA) is 83.5 Å². The number of hydrogen-bond acceptors (Lipinski definition) is 8. The predicted molar refractivity (Wildman–Crippen MR) is 71.2 cm³/mol. The molecule has 5 fully saturated rings. The minimum absolute atomic E-state index is 0.188. The number of nitrogens with zero attached hydrogens (tertiary/aromatic N) is 1. The maximum absolute atomic E-state index is 12.3. The van der Waals surface area contributed by atoms with Gasteiger partial charge in [0.05, 0.1) is 6.61 Å². The molecule has 0 N–H and O–H groups in total. The van der Waals surface area contributed by atoms with Crippen molar-refractivity contribution >= 4 is 10.1 Å². The second-order valence-electron chi connectivity index (χ2n) is 7.06. The van der Waals surface area contributed by atoms with Crippen LogP contribution in [0.3, 0.4) is 0 Å². The van der Waals surface area contributed by atoms with Gasteiger partial charge in [0, 0.05) is 13.1 Å². The summed E-state index contributed by atoms with van der Waals surface area (Å²) in [6.45, 7) is 5.40. The van der Waals surface area contributed by atoms with Crippen LogP contribution >= 0.6 is 0 Å². The van der Waals surface area contributed by atoms with E-state index in [0.29, 0.717) is 13.2 Å². The van der Waals surface area contributed by atoms with Gasteiger partial charge in [-0.15, -0.1) is 0 Å². The van der Waals surface area contributed by atoms with Crippen LogP contribution in [-0.2, 0) is 33.2 Å². The van der Waals surface area contributed by atoms with Crippen molar-refractivity contribution in [2.45, 2.75) is 55.9 Å². The maximum atomic E-state index is 12.3. The quantitative estimate of drug-likeness (QED) is 0.543. The van der Waals surface area contributed by atoms with Crippen LogP contribution in [0.4, 0.5) is 0 Å². The predicted octanol–water partition coefficient (Wildman–Crippen LogP) is -0.606. The molecule has 5 aliphatic heterocycles. The molecule has 5 rings (SSSR count). The van der Waals surface area contributed by atoms with Gasteiger partial charge in [0.25, 0.3) is 10.1 Å². The standard InChI is InChI=1S/C13H19NO7S/c1-11(2)19-9-10(20-11)18-8-6-14-4-3-5-17-12(14)7-22(15,16)21-13(8,9)12/h8-10H,3-7H2,1-2H3/t8-,9+,10-,12-,13-/m1/s1. The van der Waals surface area contributed by atoms with Crippen molar-refractivity contribution in [1.82, 2.24) is 4.90 Å². The van der Waals surface area contributed by atoms with E-state index in [1.807, 2.05) is 4.90 Å². The van der Waals surface area contributed by atoms with E-state index in [0.717, 1.165) is 13.0 Å². The van der Waals surface area contributed by atoms with E-state index in [9.17, 15) is 8.42 Å². The van der Waals surface area contributed by atoms with Crippen molar-refractivity contribution in [2.75, 3.05) is 25.4 Å². The third-order valence-corrected chi connectivity index (χ3v) is 6.59. The van der Waals surface area contributed by atoms with E-state index in [1.54, 1.807) is 13.8 Å². The highest BCUT2D eigenvalue weighted by Gasteiger charge is 2.83. The molecule has 5 aliphatic rings. The lowest BCUT2D eigenvalue weighted by Crippen LogP contribution is -2.66. The minimum Gasteiger partial charge on any atom is -0.356 e. The zero-order valence-corrected chi connectivity index (χ0v) is 13.3. The molecule has 5 atom stereocenters. The van der Waals surface area contributed by atoms with Crippen molar-refractivity contribution in [3.8, 4) is 0 Å². The van der Waals surface area contributed by atoms with Gasteiger partial charge in [-0.2, -0.15) is 8.42 Å². The largest absolute Gasteiger partial charge is 0.356 e. The second kappa shape index (κ2) is 3.85. The summed E-state index contributed by atoms with van der Waals surface area (Å²) >= 11 is 0. The summed E-state index contributed by atoms with van der Waals surface area (Å²) in [7, 11) is -3.71. The van der Waals surface area contributed by atoms with E-state index >= 15 is 0 Å². The molecule has 0 aliphatic carbocycles. The Balaban J connectivity index is 1.67. The molecule has 0 amide bonds. The molecular formula is C13H19NO7S. The minimum atomic E-state index is -3.71. The molecule has 2 spiro atoms. The molecular weight excluding hydrogens is 314 g/mol. The lowest BCUT2D eigenvalue weighted by atomic mass is 9.85. The average molecular weight is 333 g/mol. The SMILES string of the molecule is CC1(C)O[C@H]2O[C@@H]3CN4CCCO[C@@]45CS(=O)(=O)O[C@@]35[C@H]2O1. The van der Waals surface area contributed by atoms with Gasteiger partial charge in [0.1, 0.15) is 18.0 Å². The lowest BCUT2D eigenvalue weighted by Gasteiger charge is -2.45. The van der Waals surface area contributed by atoms with Gasteiger partial charge in [-0.25, -0.2) is 0 Å². The first kappa shape index (κ1) is 14.1. The Hall–Kier alpha value is -0.290. The molecule has 9 heteroatoms. The Kier molecular flexibility index (Phi) is 2.47. The van der Waals surface area contributed by atoms with E-state index in [2.05, 4.69) is 0 Å². The van der Waals surface area contributed by atoms with Gasteiger partial charge in [-0.1, -0.05) is 0 Å². The Morgan fingerprint density at radius 1 is 1.23 bits per heavy atom. The number of rotatable bonds is 0. The fourth-order valence-electron chi connectivity index (χ4n) is 4.68. The van der Waals surface area contributed by atoms with Gasteiger partial charge in [-0.05, 0) is 20.3 Å². The van der Waals surface area contributed by atoms with Crippen LogP contribution in [0.2, 0.25) is 0 Å². The van der Waals surface area contributed by atoms with Crippen LogP contribution < -0.4 is 0 Å². The number of hydrogen-bond donors (Lipinski definition) is 0. The Morgan fingerprint density at radius 2 is 2.05 bits per heavy atom. The third kappa shape index (κ3) is 1.46. The molecule has 124 valence electrons. The van der Waals surface area contributed by atoms with Gasteiger partial charge in [0.15, 0.2) is 23.4 Å². The summed E-state index contributed by atoms with van der Waals surface area (Å²) in [5.74, 6) is -1.03. The van der Waals surface area contributed by atoms with Gasteiger partial charge < -0.3 is 18.9 Å². The van der Waals surface area contributed by atoms with Crippen LogP contribution in [0.25, 0.3) is 0 Å². The Morgan fingerprint density at radius 3 is 2.86 bits per heavy atom. The Labute approximate surface area is 128 Å². The summed E-state index contributed by atoms with van der Waals surface area (Å²) in [6.07, 6.45) is -0.818. The summed E-state index contributed by atoms with van der Waals surface area (Å²) in [5, 5.41) is 0. The molecule has 0 radical (unpaired) electrons. The highest BCUT2D eigenvalue weighted by atomic mass is 32.2. The summed E-state index contributed by atoms with van der Waals surface area (Å²) in [5.41, 5.74) is -2.21. The van der Waals surface area contributed by atoms with Gasteiger partial charge in [-0.3, -0.25) is 9.08 Å². The van der Waals surface area contributed by atoms with E-state index in [1.165, 1.54) is 0 Å². The lowest BCUT2D eigenvalue weighted by molar-refractivity contribution is -0.253. The monoisotopic (exact) mass is 333 g/mol. The van der Waals surface area contributed by atoms with Crippen molar-refractivity contribution in [3.05, 3.63) is 0 Å². The molecule has 0 bridgehead atoms. The average Bonchev–Trinajstić information content (AvgIpc) is 2.98. The van der Waals surface area contributed by atoms with Crippen LogP contribution in [0.1, 0.15) is 20.3 Å². The first-order valence-electron chi connectivity index (χ1n) is 7.62. The molecule has 5 heterocycles. The van der Waals surface area contributed by atoms with Crippen LogP contribution in [0.15, 0.2) is 0 Å². The van der Waals surface area contributed by atoms with Gasteiger partial charge in [0.2, 0.25) is 0 Å². The summed E-state index contributed by atoms with van der Waals surface area (Å²) in [6, 6.07) is 0.